The normalized spacial score (nSPS) is 11.5. The van der Waals surface area contributed by atoms with Gasteiger partial charge in [-0.05, 0) is 42.5 Å². The van der Waals surface area contributed by atoms with Crippen LogP contribution in [-0.2, 0) is 14.8 Å². The molecule has 0 aromatic heterocycles. The second-order valence-electron chi connectivity index (χ2n) is 6.41. The molecule has 0 aliphatic rings. The lowest BCUT2D eigenvalue weighted by molar-refractivity contribution is -0.119. The molecule has 0 unspecified atom stereocenters. The van der Waals surface area contributed by atoms with Gasteiger partial charge in [-0.2, -0.15) is 5.10 Å². The van der Waals surface area contributed by atoms with Crippen molar-refractivity contribution in [1.29, 1.82) is 0 Å². The van der Waals surface area contributed by atoms with Gasteiger partial charge < -0.3 is 0 Å². The number of carbonyl (C=O) groups is 1. The molecule has 1 N–H and O–H groups in total. The molecule has 0 bridgehead atoms. The fourth-order valence-electron chi connectivity index (χ4n) is 2.66. The van der Waals surface area contributed by atoms with Crippen LogP contribution in [0.15, 0.2) is 76.7 Å². The van der Waals surface area contributed by atoms with E-state index >= 15 is 0 Å². The minimum atomic E-state index is -4.10. The summed E-state index contributed by atoms with van der Waals surface area (Å²) in [4.78, 5) is 12.6. The summed E-state index contributed by atoms with van der Waals surface area (Å²) in [7, 11) is -4.10. The maximum Gasteiger partial charge on any atom is 0.264 e. The third kappa shape index (κ3) is 6.15. The summed E-state index contributed by atoms with van der Waals surface area (Å²) >= 11 is 24.0. The first kappa shape index (κ1) is 24.4. The number of nitrogens with zero attached hydrogens (tertiary/aromatic N) is 2. The molecule has 0 atom stereocenters. The van der Waals surface area contributed by atoms with Gasteiger partial charge in [0.15, 0.2) is 0 Å². The summed E-state index contributed by atoms with van der Waals surface area (Å²) in [5.74, 6) is -0.693. The quantitative estimate of drug-likeness (QED) is 0.317. The van der Waals surface area contributed by atoms with Gasteiger partial charge in [-0.3, -0.25) is 9.10 Å². The standard InChI is InChI=1S/C21H15Cl4N3O3S/c22-15-7-6-14(20(25)11-15)12-26-27-21(29)13-28(18-9-16(23)8-17(24)10-18)32(30,31)19-4-2-1-3-5-19/h1-12H,13H2,(H,27,29)/b26-12-. The van der Waals surface area contributed by atoms with Gasteiger partial charge in [-0.15, -0.1) is 0 Å². The Morgan fingerprint density at radius 1 is 0.906 bits per heavy atom. The molecule has 3 rings (SSSR count). The molecule has 0 aliphatic carbocycles. The van der Waals surface area contributed by atoms with Crippen molar-refractivity contribution in [2.45, 2.75) is 4.90 Å². The largest absolute Gasteiger partial charge is 0.271 e. The summed E-state index contributed by atoms with van der Waals surface area (Å²) in [6.07, 6.45) is 1.32. The van der Waals surface area contributed by atoms with Crippen LogP contribution in [0.4, 0.5) is 5.69 Å². The fourth-order valence-corrected chi connectivity index (χ4v) is 5.06. The lowest BCUT2D eigenvalue weighted by Gasteiger charge is -2.24. The molecule has 0 saturated heterocycles. The van der Waals surface area contributed by atoms with Crippen LogP contribution < -0.4 is 9.73 Å². The average molecular weight is 531 g/mol. The van der Waals surface area contributed by atoms with Crippen molar-refractivity contribution in [3.05, 3.63) is 92.4 Å². The molecule has 0 radical (unpaired) electrons. The number of sulfonamides is 1. The summed E-state index contributed by atoms with van der Waals surface area (Å²) in [6, 6.07) is 16.7. The number of hydrazone groups is 1. The molecule has 0 heterocycles. The molecular formula is C21H15Cl4N3O3S. The van der Waals surface area contributed by atoms with Crippen molar-refractivity contribution in [3.8, 4) is 0 Å². The third-order valence-corrected chi connectivity index (χ3v) is 6.90. The number of hydrogen-bond acceptors (Lipinski definition) is 4. The van der Waals surface area contributed by atoms with E-state index in [0.29, 0.717) is 15.6 Å². The molecule has 3 aromatic carbocycles. The molecule has 0 aliphatic heterocycles. The predicted octanol–water partition coefficient (Wildman–Crippen LogP) is 5.65. The molecule has 32 heavy (non-hydrogen) atoms. The van der Waals surface area contributed by atoms with E-state index in [-0.39, 0.29) is 20.6 Å². The van der Waals surface area contributed by atoms with Crippen molar-refractivity contribution in [3.63, 3.8) is 0 Å². The van der Waals surface area contributed by atoms with Crippen molar-refractivity contribution in [2.24, 2.45) is 5.10 Å². The van der Waals surface area contributed by atoms with Crippen LogP contribution in [0.1, 0.15) is 5.56 Å². The maximum atomic E-state index is 13.3. The van der Waals surface area contributed by atoms with Crippen molar-refractivity contribution < 1.29 is 13.2 Å². The van der Waals surface area contributed by atoms with Crippen LogP contribution >= 0.6 is 46.4 Å². The van der Waals surface area contributed by atoms with Gasteiger partial charge >= 0.3 is 0 Å². The van der Waals surface area contributed by atoms with E-state index in [9.17, 15) is 13.2 Å². The first-order chi connectivity index (χ1) is 15.2. The lowest BCUT2D eigenvalue weighted by Crippen LogP contribution is -2.39. The third-order valence-electron chi connectivity index (χ3n) is 4.11. The summed E-state index contributed by atoms with van der Waals surface area (Å²) < 4.78 is 27.4. The zero-order valence-electron chi connectivity index (χ0n) is 16.2. The summed E-state index contributed by atoms with van der Waals surface area (Å²) in [5.41, 5.74) is 2.94. The number of anilines is 1. The van der Waals surface area contributed by atoms with Gasteiger partial charge in [-0.1, -0.05) is 70.7 Å². The van der Waals surface area contributed by atoms with Crippen LogP contribution in [-0.4, -0.2) is 27.1 Å². The summed E-state index contributed by atoms with van der Waals surface area (Å²) in [6.45, 7) is -0.570. The molecular weight excluding hydrogens is 516 g/mol. The Bertz CT molecular complexity index is 1250. The van der Waals surface area contributed by atoms with E-state index < -0.39 is 22.5 Å². The van der Waals surface area contributed by atoms with Crippen molar-refractivity contribution in [1.82, 2.24) is 5.43 Å². The zero-order valence-corrected chi connectivity index (χ0v) is 20.0. The molecule has 166 valence electrons. The lowest BCUT2D eigenvalue weighted by atomic mass is 10.2. The van der Waals surface area contributed by atoms with Gasteiger partial charge in [0.25, 0.3) is 15.9 Å². The number of amides is 1. The van der Waals surface area contributed by atoms with Gasteiger partial charge in [0, 0.05) is 20.6 Å². The second kappa shape index (κ2) is 10.6. The number of benzene rings is 3. The van der Waals surface area contributed by atoms with Gasteiger partial charge in [0.2, 0.25) is 0 Å². The van der Waals surface area contributed by atoms with Gasteiger partial charge in [-0.25, -0.2) is 13.8 Å². The van der Waals surface area contributed by atoms with Gasteiger partial charge in [0.1, 0.15) is 6.54 Å². The predicted molar refractivity (Wildman–Crippen MR) is 130 cm³/mol. The van der Waals surface area contributed by atoms with Crippen LogP contribution in [0.25, 0.3) is 0 Å². The average Bonchev–Trinajstić information content (AvgIpc) is 2.73. The smallest absolute Gasteiger partial charge is 0.264 e. The summed E-state index contributed by atoms with van der Waals surface area (Å²) in [5, 5.41) is 5.08. The zero-order chi connectivity index (χ0) is 23.3. The minimum Gasteiger partial charge on any atom is -0.271 e. The number of carbonyl (C=O) groups excluding carboxylic acids is 1. The molecule has 0 saturated carbocycles. The highest BCUT2D eigenvalue weighted by Crippen LogP contribution is 2.29. The Kier molecular flexibility index (Phi) is 8.03. The van der Waals surface area contributed by atoms with Crippen LogP contribution in [0.5, 0.6) is 0 Å². The highest BCUT2D eigenvalue weighted by atomic mass is 35.5. The van der Waals surface area contributed by atoms with E-state index in [1.54, 1.807) is 30.3 Å². The first-order valence-electron chi connectivity index (χ1n) is 8.97. The maximum absolute atomic E-state index is 13.3. The number of hydrogen-bond donors (Lipinski definition) is 1. The van der Waals surface area contributed by atoms with E-state index in [1.165, 1.54) is 42.6 Å². The van der Waals surface area contributed by atoms with Crippen LogP contribution in [0.3, 0.4) is 0 Å². The van der Waals surface area contributed by atoms with E-state index in [4.69, 9.17) is 46.4 Å². The topological polar surface area (TPSA) is 78.8 Å². The van der Waals surface area contributed by atoms with Crippen molar-refractivity contribution >= 4 is 74.2 Å². The van der Waals surface area contributed by atoms with Crippen LogP contribution in [0, 0.1) is 0 Å². The van der Waals surface area contributed by atoms with Crippen molar-refractivity contribution in [2.75, 3.05) is 10.8 Å². The van der Waals surface area contributed by atoms with Crippen LogP contribution in [0.2, 0.25) is 20.1 Å². The SMILES string of the molecule is O=C(CN(c1cc(Cl)cc(Cl)c1)S(=O)(=O)c1ccccc1)N/N=C\c1ccc(Cl)cc1Cl. The number of rotatable bonds is 7. The number of halogens is 4. The Morgan fingerprint density at radius 3 is 2.19 bits per heavy atom. The first-order valence-corrected chi connectivity index (χ1v) is 11.9. The monoisotopic (exact) mass is 529 g/mol. The highest BCUT2D eigenvalue weighted by molar-refractivity contribution is 7.92. The van der Waals surface area contributed by atoms with E-state index in [2.05, 4.69) is 10.5 Å². The minimum absolute atomic E-state index is 0.000320. The highest BCUT2D eigenvalue weighted by Gasteiger charge is 2.27. The van der Waals surface area contributed by atoms with E-state index in [1.807, 2.05) is 0 Å². The molecule has 0 fully saturated rings. The molecule has 6 nitrogen and oxygen atoms in total. The second-order valence-corrected chi connectivity index (χ2v) is 9.99. The van der Waals surface area contributed by atoms with Gasteiger partial charge in [0.05, 0.1) is 21.8 Å². The Balaban J connectivity index is 1.87. The Morgan fingerprint density at radius 2 is 1.56 bits per heavy atom. The fraction of sp³-hybridized carbons (Fsp3) is 0.0476. The molecule has 1 amide bonds. The molecule has 0 spiro atoms. The Labute approximate surface area is 205 Å². The molecule has 11 heteroatoms. The number of nitrogens with one attached hydrogen (secondary N) is 1. The Hall–Kier alpha value is -2.29. The molecule has 3 aromatic rings. The van der Waals surface area contributed by atoms with E-state index in [0.717, 1.165) is 4.31 Å².